The zero-order valence-electron chi connectivity index (χ0n) is 9.06. The Morgan fingerprint density at radius 1 is 1.19 bits per heavy atom. The zero-order chi connectivity index (χ0) is 11.5. The van der Waals surface area contributed by atoms with Gasteiger partial charge in [-0.05, 0) is 24.6 Å². The van der Waals surface area contributed by atoms with E-state index in [9.17, 15) is 0 Å². The Morgan fingerprint density at radius 2 is 2.00 bits per heavy atom. The predicted molar refractivity (Wildman–Crippen MR) is 69.9 cm³/mol. The van der Waals surface area contributed by atoms with Crippen molar-refractivity contribution in [2.45, 2.75) is 9.79 Å². The average molecular weight is 252 g/mol. The molecule has 0 bridgehead atoms. The van der Waals surface area contributed by atoms with Gasteiger partial charge in [-0.25, -0.2) is 0 Å². The Labute approximate surface area is 103 Å². The first-order valence-electron chi connectivity index (χ1n) is 4.69. The minimum Gasteiger partial charge on any atom is -0.367 e. The minimum atomic E-state index is 0.368. The van der Waals surface area contributed by atoms with Crippen LogP contribution in [0.1, 0.15) is 0 Å². The van der Waals surface area contributed by atoms with Gasteiger partial charge in [0.15, 0.2) is 0 Å². The monoisotopic (exact) mass is 252 g/mol. The van der Waals surface area contributed by atoms with E-state index in [0.29, 0.717) is 5.88 Å². The number of hydrogen-bond donors (Lipinski definition) is 1. The van der Waals surface area contributed by atoms with Crippen LogP contribution in [-0.4, -0.2) is 17.7 Å². The van der Waals surface area contributed by atoms with Crippen molar-refractivity contribution in [1.29, 1.82) is 0 Å². The van der Waals surface area contributed by atoms with Crippen LogP contribution in [0.2, 0.25) is 0 Å². The van der Waals surface area contributed by atoms with Crippen molar-refractivity contribution < 1.29 is 4.52 Å². The summed E-state index contributed by atoms with van der Waals surface area (Å²) in [6.45, 7) is 0. The summed E-state index contributed by atoms with van der Waals surface area (Å²) < 4.78 is 4.89. The van der Waals surface area contributed by atoms with E-state index < -0.39 is 0 Å². The molecule has 84 valence electrons. The quantitative estimate of drug-likeness (QED) is 0.849. The zero-order valence-corrected chi connectivity index (χ0v) is 10.7. The molecule has 0 spiro atoms. The fourth-order valence-electron chi connectivity index (χ4n) is 1.47. The van der Waals surface area contributed by atoms with Crippen molar-refractivity contribution in [2.75, 3.05) is 18.2 Å². The molecule has 0 aliphatic heterocycles. The van der Waals surface area contributed by atoms with Crippen molar-refractivity contribution in [3.63, 3.8) is 0 Å². The maximum absolute atomic E-state index is 5.72. The molecular weight excluding hydrogens is 240 g/mol. The molecule has 0 radical (unpaired) electrons. The van der Waals surface area contributed by atoms with Crippen LogP contribution in [0.4, 0.5) is 5.88 Å². The van der Waals surface area contributed by atoms with Crippen molar-refractivity contribution in [1.82, 2.24) is 5.16 Å². The molecule has 16 heavy (non-hydrogen) atoms. The second-order valence-corrected chi connectivity index (χ2v) is 4.90. The van der Waals surface area contributed by atoms with Gasteiger partial charge >= 0.3 is 0 Å². The first-order valence-corrected chi connectivity index (χ1v) is 7.13. The molecular formula is C11H12N2OS2. The molecule has 0 amide bonds. The molecule has 3 nitrogen and oxygen atoms in total. The van der Waals surface area contributed by atoms with Crippen molar-refractivity contribution in [3.8, 4) is 11.1 Å². The van der Waals surface area contributed by atoms with Gasteiger partial charge in [0.25, 0.3) is 0 Å². The van der Waals surface area contributed by atoms with Gasteiger partial charge in [-0.1, -0.05) is 11.2 Å². The van der Waals surface area contributed by atoms with E-state index in [1.54, 1.807) is 29.7 Å². The number of nitrogens with zero attached hydrogens (tertiary/aromatic N) is 1. The van der Waals surface area contributed by atoms with Gasteiger partial charge in [0.2, 0.25) is 5.88 Å². The molecule has 2 aromatic rings. The smallest absolute Gasteiger partial charge is 0.229 e. The SMILES string of the molecule is CSc1ccc(-c2cnoc2N)c(SC)c1. The normalized spacial score (nSPS) is 10.6. The van der Waals surface area contributed by atoms with Gasteiger partial charge in [-0.2, -0.15) is 0 Å². The van der Waals surface area contributed by atoms with E-state index in [4.69, 9.17) is 10.3 Å². The number of anilines is 1. The third-order valence-electron chi connectivity index (χ3n) is 2.30. The summed E-state index contributed by atoms with van der Waals surface area (Å²) in [5, 5.41) is 3.70. The lowest BCUT2D eigenvalue weighted by molar-refractivity contribution is 0.436. The molecule has 0 aliphatic carbocycles. The van der Waals surface area contributed by atoms with Gasteiger partial charge in [0.1, 0.15) is 0 Å². The molecule has 0 unspecified atom stereocenters. The molecule has 1 heterocycles. The van der Waals surface area contributed by atoms with Crippen molar-refractivity contribution >= 4 is 29.4 Å². The van der Waals surface area contributed by atoms with Crippen LogP contribution in [0.25, 0.3) is 11.1 Å². The van der Waals surface area contributed by atoms with Crippen LogP contribution in [-0.2, 0) is 0 Å². The lowest BCUT2D eigenvalue weighted by Gasteiger charge is -2.07. The highest BCUT2D eigenvalue weighted by Gasteiger charge is 2.11. The number of rotatable bonds is 3. The van der Waals surface area contributed by atoms with E-state index >= 15 is 0 Å². The van der Waals surface area contributed by atoms with E-state index in [1.807, 2.05) is 6.26 Å². The highest BCUT2D eigenvalue weighted by Crippen LogP contribution is 2.35. The molecule has 0 saturated heterocycles. The van der Waals surface area contributed by atoms with Crippen molar-refractivity contribution in [2.24, 2.45) is 0 Å². The van der Waals surface area contributed by atoms with E-state index in [2.05, 4.69) is 29.6 Å². The highest BCUT2D eigenvalue weighted by molar-refractivity contribution is 7.99. The van der Waals surface area contributed by atoms with Crippen LogP contribution >= 0.6 is 23.5 Å². The molecule has 1 aromatic heterocycles. The third-order valence-corrected chi connectivity index (χ3v) is 3.80. The molecule has 2 rings (SSSR count). The Bertz CT molecular complexity index is 496. The number of nitrogens with two attached hydrogens (primary N) is 1. The molecule has 0 aliphatic rings. The lowest BCUT2D eigenvalue weighted by Crippen LogP contribution is -1.87. The van der Waals surface area contributed by atoms with Crippen LogP contribution in [0, 0.1) is 0 Å². The second-order valence-electron chi connectivity index (χ2n) is 3.17. The molecule has 0 saturated carbocycles. The molecule has 0 atom stereocenters. The number of benzene rings is 1. The number of hydrogen-bond acceptors (Lipinski definition) is 5. The summed E-state index contributed by atoms with van der Waals surface area (Å²) >= 11 is 3.42. The van der Waals surface area contributed by atoms with E-state index in [1.165, 1.54) is 9.79 Å². The highest BCUT2D eigenvalue weighted by atomic mass is 32.2. The Hall–Kier alpha value is -1.07. The fourth-order valence-corrected chi connectivity index (χ4v) is 2.63. The lowest BCUT2D eigenvalue weighted by atomic mass is 10.1. The maximum Gasteiger partial charge on any atom is 0.229 e. The first-order chi connectivity index (χ1) is 7.76. The molecule has 1 aromatic carbocycles. The van der Waals surface area contributed by atoms with E-state index in [0.717, 1.165) is 11.1 Å². The van der Waals surface area contributed by atoms with Gasteiger partial charge in [0.05, 0.1) is 11.8 Å². The van der Waals surface area contributed by atoms with Crippen molar-refractivity contribution in [3.05, 3.63) is 24.4 Å². The summed E-state index contributed by atoms with van der Waals surface area (Å²) in [7, 11) is 0. The molecule has 0 fully saturated rings. The fraction of sp³-hybridized carbons (Fsp3) is 0.182. The van der Waals surface area contributed by atoms with Gasteiger partial charge in [-0.15, -0.1) is 23.5 Å². The predicted octanol–water partition coefficient (Wildman–Crippen LogP) is 3.37. The van der Waals surface area contributed by atoms with Crippen LogP contribution < -0.4 is 5.73 Å². The summed E-state index contributed by atoms with van der Waals surface area (Å²) in [4.78, 5) is 2.42. The third kappa shape index (κ3) is 2.05. The van der Waals surface area contributed by atoms with Gasteiger partial charge < -0.3 is 10.3 Å². The number of aromatic nitrogens is 1. The summed E-state index contributed by atoms with van der Waals surface area (Å²) in [5.74, 6) is 0.368. The second kappa shape index (κ2) is 4.84. The average Bonchev–Trinajstić information content (AvgIpc) is 2.74. The van der Waals surface area contributed by atoms with Crippen LogP contribution in [0.3, 0.4) is 0 Å². The minimum absolute atomic E-state index is 0.368. The number of thioether (sulfide) groups is 2. The largest absolute Gasteiger partial charge is 0.367 e. The summed E-state index contributed by atoms with van der Waals surface area (Å²) in [5.41, 5.74) is 7.65. The molecule has 2 N–H and O–H groups in total. The van der Waals surface area contributed by atoms with E-state index in [-0.39, 0.29) is 0 Å². The van der Waals surface area contributed by atoms with Crippen LogP contribution in [0.15, 0.2) is 38.7 Å². The molecule has 5 heteroatoms. The maximum atomic E-state index is 5.72. The first kappa shape index (κ1) is 11.4. The summed E-state index contributed by atoms with van der Waals surface area (Å²) in [6, 6.07) is 6.28. The Kier molecular flexibility index (Phi) is 3.46. The number of nitrogen functional groups attached to an aromatic ring is 1. The summed E-state index contributed by atoms with van der Waals surface area (Å²) in [6.07, 6.45) is 5.77. The van der Waals surface area contributed by atoms with Crippen LogP contribution in [0.5, 0.6) is 0 Å². The Morgan fingerprint density at radius 3 is 2.56 bits per heavy atom. The topological polar surface area (TPSA) is 52.0 Å². The standard InChI is InChI=1S/C11H12N2OS2/c1-15-7-3-4-8(10(5-7)16-2)9-6-13-14-11(9)12/h3-6H,12H2,1-2H3. The van der Waals surface area contributed by atoms with Gasteiger partial charge in [-0.3, -0.25) is 0 Å². The Balaban J connectivity index is 2.53. The van der Waals surface area contributed by atoms with Gasteiger partial charge in [0, 0.05) is 15.4 Å².